The largest absolute Gasteiger partial charge is 0.347 e. The van der Waals surface area contributed by atoms with Crippen molar-refractivity contribution in [3.63, 3.8) is 0 Å². The van der Waals surface area contributed by atoms with Crippen LogP contribution in [0.4, 0.5) is 16.6 Å². The van der Waals surface area contributed by atoms with E-state index < -0.39 is 0 Å². The number of hydrogen-bond donors (Lipinski definition) is 1. The van der Waals surface area contributed by atoms with Gasteiger partial charge in [0.15, 0.2) is 5.13 Å². The van der Waals surface area contributed by atoms with Crippen LogP contribution in [0.1, 0.15) is 10.5 Å². The van der Waals surface area contributed by atoms with Crippen LogP contribution < -0.4 is 10.2 Å². The first-order valence-electron chi connectivity index (χ1n) is 8.21. The maximum atomic E-state index is 12.4. The first-order valence-corrected chi connectivity index (χ1v) is 9.40. The number of hydrogen-bond acceptors (Lipinski definition) is 5. The van der Waals surface area contributed by atoms with Crippen molar-refractivity contribution in [2.45, 2.75) is 0 Å². The van der Waals surface area contributed by atoms with Crippen LogP contribution in [-0.2, 0) is 7.05 Å². The minimum Gasteiger partial charge on any atom is -0.347 e. The highest BCUT2D eigenvalue weighted by Crippen LogP contribution is 2.29. The van der Waals surface area contributed by atoms with Gasteiger partial charge in [0.2, 0.25) is 0 Å². The quantitative estimate of drug-likeness (QED) is 0.542. The van der Waals surface area contributed by atoms with E-state index >= 15 is 0 Å². The Morgan fingerprint density at radius 2 is 1.93 bits per heavy atom. The van der Waals surface area contributed by atoms with Crippen molar-refractivity contribution in [3.8, 4) is 0 Å². The predicted molar refractivity (Wildman–Crippen MR) is 110 cm³/mol. The van der Waals surface area contributed by atoms with Gasteiger partial charge in [-0.15, -0.1) is 0 Å². The van der Waals surface area contributed by atoms with Crippen LogP contribution >= 0.6 is 22.9 Å². The van der Waals surface area contributed by atoms with E-state index in [4.69, 9.17) is 11.6 Å². The van der Waals surface area contributed by atoms with Crippen molar-refractivity contribution in [1.29, 1.82) is 0 Å². The van der Waals surface area contributed by atoms with E-state index in [9.17, 15) is 4.79 Å². The van der Waals surface area contributed by atoms with Crippen molar-refractivity contribution in [2.24, 2.45) is 7.05 Å². The molecule has 4 rings (SSSR count). The summed E-state index contributed by atoms with van der Waals surface area (Å²) in [6, 6.07) is 15.0. The molecular weight excluding hydrogens is 382 g/mol. The molecule has 6 nitrogen and oxygen atoms in total. The van der Waals surface area contributed by atoms with Crippen LogP contribution in [0, 0.1) is 0 Å². The Morgan fingerprint density at radius 3 is 2.63 bits per heavy atom. The Labute approximate surface area is 165 Å². The van der Waals surface area contributed by atoms with Crippen molar-refractivity contribution in [3.05, 3.63) is 65.4 Å². The number of pyridine rings is 1. The molecule has 3 aromatic heterocycles. The van der Waals surface area contributed by atoms with Gasteiger partial charge in [-0.05, 0) is 48.5 Å². The number of aryl methyl sites for hydroxylation is 1. The monoisotopic (exact) mass is 397 g/mol. The molecule has 0 bridgehead atoms. The summed E-state index contributed by atoms with van der Waals surface area (Å²) in [5.74, 6) is 0.592. The van der Waals surface area contributed by atoms with Crippen molar-refractivity contribution in [2.75, 3.05) is 17.3 Å². The number of fused-ring (bicyclic) bond motifs is 1. The summed E-state index contributed by atoms with van der Waals surface area (Å²) in [6.45, 7) is 0. The van der Waals surface area contributed by atoms with Gasteiger partial charge in [-0.25, -0.2) is 9.97 Å². The number of carbonyl (C=O) groups is 1. The minimum atomic E-state index is -0.194. The third kappa shape index (κ3) is 3.51. The van der Waals surface area contributed by atoms with Crippen LogP contribution in [0.25, 0.3) is 10.3 Å². The predicted octanol–water partition coefficient (Wildman–Crippen LogP) is 4.70. The van der Waals surface area contributed by atoms with Crippen molar-refractivity contribution in [1.82, 2.24) is 14.5 Å². The number of nitrogens with zero attached hydrogens (tertiary/aromatic N) is 4. The summed E-state index contributed by atoms with van der Waals surface area (Å²) in [5.41, 5.74) is 2.30. The molecule has 0 saturated heterocycles. The highest BCUT2D eigenvalue weighted by Gasteiger charge is 2.14. The summed E-state index contributed by atoms with van der Waals surface area (Å²) in [7, 11) is 3.77. The standard InChI is InChI=1S/C19H16ClN5OS/c1-24-11-3-4-15(24)17(26)23-19-21-14-9-10-16(22-18(14)27-19)25(2)13-7-5-12(20)6-8-13/h3-11H,1-2H3,(H,21,23,26). The molecule has 0 spiro atoms. The maximum absolute atomic E-state index is 12.4. The normalized spacial score (nSPS) is 10.9. The molecule has 0 aliphatic heterocycles. The van der Waals surface area contributed by atoms with E-state index in [1.807, 2.05) is 67.7 Å². The second-order valence-electron chi connectivity index (χ2n) is 6.01. The SMILES string of the molecule is CN(c1ccc(Cl)cc1)c1ccc2nc(NC(=O)c3cccn3C)sc2n1. The lowest BCUT2D eigenvalue weighted by molar-refractivity contribution is 0.101. The molecule has 0 saturated carbocycles. The fourth-order valence-corrected chi connectivity index (χ4v) is 3.66. The second kappa shape index (κ2) is 7.02. The highest BCUT2D eigenvalue weighted by molar-refractivity contribution is 7.22. The average molecular weight is 398 g/mol. The van der Waals surface area contributed by atoms with Crippen LogP contribution in [0.3, 0.4) is 0 Å². The van der Waals surface area contributed by atoms with Gasteiger partial charge >= 0.3 is 0 Å². The van der Waals surface area contributed by atoms with Crippen LogP contribution in [0.2, 0.25) is 5.02 Å². The van der Waals surface area contributed by atoms with Gasteiger partial charge in [0.1, 0.15) is 21.9 Å². The van der Waals surface area contributed by atoms with E-state index in [2.05, 4.69) is 15.3 Å². The molecule has 136 valence electrons. The van der Waals surface area contributed by atoms with E-state index in [1.165, 1.54) is 11.3 Å². The molecule has 0 aliphatic rings. The second-order valence-corrected chi connectivity index (χ2v) is 7.42. The molecule has 27 heavy (non-hydrogen) atoms. The third-order valence-corrected chi connectivity index (χ3v) is 5.33. The van der Waals surface area contributed by atoms with Gasteiger partial charge in [-0.2, -0.15) is 0 Å². The van der Waals surface area contributed by atoms with Gasteiger partial charge in [-0.1, -0.05) is 22.9 Å². The molecule has 1 N–H and O–H groups in total. The topological polar surface area (TPSA) is 63.1 Å². The maximum Gasteiger partial charge on any atom is 0.274 e. The van der Waals surface area contributed by atoms with E-state index in [-0.39, 0.29) is 5.91 Å². The van der Waals surface area contributed by atoms with Gasteiger partial charge in [0.05, 0.1) is 0 Å². The smallest absolute Gasteiger partial charge is 0.274 e. The zero-order valence-corrected chi connectivity index (χ0v) is 16.3. The molecule has 8 heteroatoms. The zero-order chi connectivity index (χ0) is 19.0. The van der Waals surface area contributed by atoms with Crippen molar-refractivity contribution < 1.29 is 4.79 Å². The molecule has 1 amide bonds. The number of aromatic nitrogens is 3. The molecule has 4 aromatic rings. The van der Waals surface area contributed by atoms with Gasteiger partial charge < -0.3 is 9.47 Å². The molecule has 0 unspecified atom stereocenters. The average Bonchev–Trinajstić information content (AvgIpc) is 3.26. The fraction of sp³-hybridized carbons (Fsp3) is 0.105. The lowest BCUT2D eigenvalue weighted by Crippen LogP contribution is -2.15. The van der Waals surface area contributed by atoms with E-state index in [0.29, 0.717) is 15.8 Å². The number of anilines is 3. The minimum absolute atomic E-state index is 0.194. The third-order valence-electron chi connectivity index (χ3n) is 4.20. The summed E-state index contributed by atoms with van der Waals surface area (Å²) in [6.07, 6.45) is 1.83. The first-order chi connectivity index (χ1) is 13.0. The summed E-state index contributed by atoms with van der Waals surface area (Å²) in [5, 5.41) is 4.06. The molecule has 3 heterocycles. The molecule has 0 aliphatic carbocycles. The number of rotatable bonds is 4. The first kappa shape index (κ1) is 17.5. The van der Waals surface area contributed by atoms with Gasteiger partial charge in [0, 0.05) is 31.0 Å². The summed E-state index contributed by atoms with van der Waals surface area (Å²) >= 11 is 7.30. The Kier molecular flexibility index (Phi) is 4.55. The van der Waals surface area contributed by atoms with Gasteiger partial charge in [-0.3, -0.25) is 10.1 Å². The Morgan fingerprint density at radius 1 is 1.15 bits per heavy atom. The number of amides is 1. The lowest BCUT2D eigenvalue weighted by Gasteiger charge is -2.18. The summed E-state index contributed by atoms with van der Waals surface area (Å²) in [4.78, 5) is 24.2. The molecule has 0 atom stereocenters. The molecule has 0 radical (unpaired) electrons. The highest BCUT2D eigenvalue weighted by atomic mass is 35.5. The number of carbonyl (C=O) groups excluding carboxylic acids is 1. The number of halogens is 1. The molecular formula is C19H16ClN5OS. The van der Waals surface area contributed by atoms with E-state index in [1.54, 1.807) is 10.6 Å². The Balaban J connectivity index is 1.59. The van der Waals surface area contributed by atoms with Crippen LogP contribution in [-0.4, -0.2) is 27.5 Å². The van der Waals surface area contributed by atoms with Crippen LogP contribution in [0.15, 0.2) is 54.7 Å². The van der Waals surface area contributed by atoms with Crippen molar-refractivity contribution >= 4 is 55.8 Å². The molecule has 0 fully saturated rings. The zero-order valence-electron chi connectivity index (χ0n) is 14.7. The van der Waals surface area contributed by atoms with E-state index in [0.717, 1.165) is 21.9 Å². The number of nitrogens with one attached hydrogen (secondary N) is 1. The Hall–Kier alpha value is -2.90. The lowest BCUT2D eigenvalue weighted by atomic mass is 10.3. The van der Waals surface area contributed by atoms with Gasteiger partial charge in [0.25, 0.3) is 5.91 Å². The fourth-order valence-electron chi connectivity index (χ4n) is 2.70. The number of thiazole rings is 1. The Bertz CT molecular complexity index is 1120. The molecule has 1 aromatic carbocycles. The van der Waals surface area contributed by atoms with Crippen LogP contribution in [0.5, 0.6) is 0 Å². The number of benzene rings is 1. The summed E-state index contributed by atoms with van der Waals surface area (Å²) < 4.78 is 1.76.